The molecule has 1 unspecified atom stereocenters. The Hall–Kier alpha value is -1.88. The first-order valence-electron chi connectivity index (χ1n) is 6.09. The van der Waals surface area contributed by atoms with Crippen LogP contribution < -0.4 is 5.73 Å². The normalized spacial score (nSPS) is 12.0. The molecule has 1 aromatic carbocycles. The largest absolute Gasteiger partial charge is 0.480 e. The van der Waals surface area contributed by atoms with Gasteiger partial charge in [-0.2, -0.15) is 0 Å². The highest BCUT2D eigenvalue weighted by atomic mass is 16.4. The smallest absolute Gasteiger partial charge is 0.321 e. The van der Waals surface area contributed by atoms with E-state index in [4.69, 9.17) is 10.8 Å². The van der Waals surface area contributed by atoms with Crippen molar-refractivity contribution in [1.82, 2.24) is 4.90 Å². The van der Waals surface area contributed by atoms with Gasteiger partial charge in [0, 0.05) is 13.6 Å². The molecule has 1 amide bonds. The Labute approximate surface area is 113 Å². The highest BCUT2D eigenvalue weighted by Gasteiger charge is 2.19. The molecule has 1 atom stereocenters. The van der Waals surface area contributed by atoms with Crippen LogP contribution in [0.15, 0.2) is 18.2 Å². The second kappa shape index (κ2) is 6.33. The quantitative estimate of drug-likeness (QED) is 0.833. The number of rotatable bonds is 5. The third-order valence-electron chi connectivity index (χ3n) is 3.04. The van der Waals surface area contributed by atoms with Crippen molar-refractivity contribution >= 4 is 11.9 Å². The van der Waals surface area contributed by atoms with E-state index >= 15 is 0 Å². The Morgan fingerprint density at radius 3 is 2.53 bits per heavy atom. The molecule has 1 aromatic rings. The number of aliphatic carboxylic acids is 1. The highest BCUT2D eigenvalue weighted by Crippen LogP contribution is 2.13. The Balaban J connectivity index is 2.66. The molecule has 0 radical (unpaired) electrons. The van der Waals surface area contributed by atoms with Gasteiger partial charge < -0.3 is 15.7 Å². The average molecular weight is 264 g/mol. The molecule has 0 bridgehead atoms. The summed E-state index contributed by atoms with van der Waals surface area (Å²) in [5.74, 6) is -1.43. The van der Waals surface area contributed by atoms with E-state index in [-0.39, 0.29) is 12.3 Å². The van der Waals surface area contributed by atoms with Crippen LogP contribution in [0.1, 0.15) is 23.1 Å². The number of hydrogen-bond acceptors (Lipinski definition) is 3. The molecule has 0 aliphatic carbocycles. The van der Waals surface area contributed by atoms with Gasteiger partial charge in [0.15, 0.2) is 0 Å². The Morgan fingerprint density at radius 1 is 1.37 bits per heavy atom. The van der Waals surface area contributed by atoms with Crippen LogP contribution in [0.2, 0.25) is 0 Å². The number of hydrogen-bond donors (Lipinski definition) is 2. The van der Waals surface area contributed by atoms with Gasteiger partial charge in [0.1, 0.15) is 6.04 Å². The average Bonchev–Trinajstić information content (AvgIpc) is 2.32. The number of carboxylic acids is 1. The zero-order valence-electron chi connectivity index (χ0n) is 11.5. The minimum Gasteiger partial charge on any atom is -0.480 e. The summed E-state index contributed by atoms with van der Waals surface area (Å²) in [4.78, 5) is 23.9. The first-order chi connectivity index (χ1) is 8.81. The first-order valence-corrected chi connectivity index (χ1v) is 6.09. The molecule has 0 saturated heterocycles. The predicted octanol–water partition coefficient (Wildman–Crippen LogP) is 1.06. The number of benzene rings is 1. The van der Waals surface area contributed by atoms with Crippen molar-refractivity contribution in [3.8, 4) is 0 Å². The minimum absolute atomic E-state index is 0.184. The summed E-state index contributed by atoms with van der Waals surface area (Å²) in [6.45, 7) is 4.46. The Kier molecular flexibility index (Phi) is 5.06. The van der Waals surface area contributed by atoms with Gasteiger partial charge in [0.2, 0.25) is 5.91 Å². The number of nitrogens with two attached hydrogens (primary N) is 1. The summed E-state index contributed by atoms with van der Waals surface area (Å²) >= 11 is 0. The van der Waals surface area contributed by atoms with Crippen molar-refractivity contribution < 1.29 is 14.7 Å². The van der Waals surface area contributed by atoms with Gasteiger partial charge in [0.05, 0.1) is 6.42 Å². The van der Waals surface area contributed by atoms with E-state index in [0.29, 0.717) is 6.54 Å². The Morgan fingerprint density at radius 2 is 2.00 bits per heavy atom. The van der Waals surface area contributed by atoms with Crippen LogP contribution in [0.5, 0.6) is 0 Å². The van der Waals surface area contributed by atoms with E-state index in [1.54, 1.807) is 7.05 Å². The summed E-state index contributed by atoms with van der Waals surface area (Å²) in [7, 11) is 1.65. The van der Waals surface area contributed by atoms with Gasteiger partial charge in [-0.05, 0) is 25.0 Å². The van der Waals surface area contributed by atoms with Gasteiger partial charge in [-0.3, -0.25) is 9.59 Å². The molecule has 0 heterocycles. The van der Waals surface area contributed by atoms with E-state index in [2.05, 4.69) is 6.07 Å². The van der Waals surface area contributed by atoms with Crippen LogP contribution in [0.25, 0.3) is 0 Å². The van der Waals surface area contributed by atoms with Crippen LogP contribution in [0.3, 0.4) is 0 Å². The molecule has 0 aromatic heterocycles. The molecule has 0 fully saturated rings. The maximum atomic E-state index is 11.8. The van der Waals surface area contributed by atoms with Crippen LogP contribution in [-0.4, -0.2) is 35.0 Å². The topological polar surface area (TPSA) is 83.6 Å². The van der Waals surface area contributed by atoms with E-state index in [9.17, 15) is 9.59 Å². The number of carboxylic acid groups (broad SMARTS) is 1. The lowest BCUT2D eigenvalue weighted by atomic mass is 10.1. The lowest BCUT2D eigenvalue weighted by Crippen LogP contribution is -2.37. The van der Waals surface area contributed by atoms with E-state index < -0.39 is 12.0 Å². The van der Waals surface area contributed by atoms with Crippen molar-refractivity contribution in [1.29, 1.82) is 0 Å². The first kappa shape index (κ1) is 15.2. The molecule has 19 heavy (non-hydrogen) atoms. The molecular weight excluding hydrogens is 244 g/mol. The van der Waals surface area contributed by atoms with E-state index in [0.717, 1.165) is 11.1 Å². The molecule has 0 saturated carbocycles. The molecule has 3 N–H and O–H groups in total. The van der Waals surface area contributed by atoms with Gasteiger partial charge >= 0.3 is 5.97 Å². The summed E-state index contributed by atoms with van der Waals surface area (Å²) < 4.78 is 0. The minimum atomic E-state index is -1.16. The summed E-state index contributed by atoms with van der Waals surface area (Å²) in [5.41, 5.74) is 8.68. The number of nitrogens with zero attached hydrogens (tertiary/aromatic N) is 1. The zero-order chi connectivity index (χ0) is 14.6. The molecule has 0 aliphatic rings. The fourth-order valence-corrected chi connectivity index (χ4v) is 1.80. The number of amides is 1. The van der Waals surface area contributed by atoms with Crippen molar-refractivity contribution in [2.24, 2.45) is 5.73 Å². The van der Waals surface area contributed by atoms with Gasteiger partial charge in [0.25, 0.3) is 0 Å². The van der Waals surface area contributed by atoms with Gasteiger partial charge in [-0.15, -0.1) is 0 Å². The lowest BCUT2D eigenvalue weighted by Gasteiger charge is -2.19. The molecular formula is C14H20N2O3. The second-order valence-corrected chi connectivity index (χ2v) is 4.83. The molecule has 104 valence electrons. The summed E-state index contributed by atoms with van der Waals surface area (Å²) in [6, 6.07) is 4.88. The van der Waals surface area contributed by atoms with Crippen molar-refractivity contribution in [2.75, 3.05) is 7.05 Å². The van der Waals surface area contributed by atoms with Gasteiger partial charge in [-0.1, -0.05) is 23.8 Å². The predicted molar refractivity (Wildman–Crippen MR) is 72.6 cm³/mol. The van der Waals surface area contributed by atoms with E-state index in [1.165, 1.54) is 10.5 Å². The third-order valence-corrected chi connectivity index (χ3v) is 3.04. The molecule has 1 rings (SSSR count). The molecule has 5 heteroatoms. The standard InChI is InChI=1S/C14H20N2O3/c1-9-4-5-11(10(2)6-9)8-16(3)13(17)7-12(15)14(18)19/h4-6,12H,7-8,15H2,1-3H3,(H,18,19). The van der Waals surface area contributed by atoms with Crippen LogP contribution in [0.4, 0.5) is 0 Å². The van der Waals surface area contributed by atoms with Crippen LogP contribution >= 0.6 is 0 Å². The maximum Gasteiger partial charge on any atom is 0.321 e. The third kappa shape index (κ3) is 4.37. The van der Waals surface area contributed by atoms with Crippen molar-refractivity contribution in [3.05, 3.63) is 34.9 Å². The van der Waals surface area contributed by atoms with Crippen molar-refractivity contribution in [3.63, 3.8) is 0 Å². The number of carbonyl (C=O) groups is 2. The van der Waals surface area contributed by atoms with Crippen LogP contribution in [0, 0.1) is 13.8 Å². The summed E-state index contributed by atoms with van der Waals surface area (Å²) in [5, 5.41) is 8.68. The highest BCUT2D eigenvalue weighted by molar-refractivity contribution is 5.84. The second-order valence-electron chi connectivity index (χ2n) is 4.83. The fraction of sp³-hybridized carbons (Fsp3) is 0.429. The lowest BCUT2D eigenvalue weighted by molar-refractivity contribution is -0.142. The SMILES string of the molecule is Cc1ccc(CN(C)C(=O)CC(N)C(=O)O)c(C)c1. The molecule has 0 aliphatic heterocycles. The molecule has 0 spiro atoms. The monoisotopic (exact) mass is 264 g/mol. The molecule has 5 nitrogen and oxygen atoms in total. The van der Waals surface area contributed by atoms with Crippen molar-refractivity contribution in [2.45, 2.75) is 32.9 Å². The fourth-order valence-electron chi connectivity index (χ4n) is 1.80. The maximum absolute atomic E-state index is 11.8. The number of aryl methyl sites for hydroxylation is 2. The Bertz CT molecular complexity index is 486. The summed E-state index contributed by atoms with van der Waals surface area (Å²) in [6.07, 6.45) is -0.184. The van der Waals surface area contributed by atoms with E-state index in [1.807, 2.05) is 26.0 Å². The van der Waals surface area contributed by atoms with Gasteiger partial charge in [-0.25, -0.2) is 0 Å². The zero-order valence-corrected chi connectivity index (χ0v) is 11.5. The van der Waals surface area contributed by atoms with Crippen LogP contribution in [-0.2, 0) is 16.1 Å². The number of carbonyl (C=O) groups excluding carboxylic acids is 1.